The third-order valence-corrected chi connectivity index (χ3v) is 5.03. The van der Waals surface area contributed by atoms with Gasteiger partial charge in [0.15, 0.2) is 0 Å². The average molecular weight is 337 g/mol. The molecule has 0 aromatic carbocycles. The minimum Gasteiger partial charge on any atom is -0.351 e. The zero-order chi connectivity index (χ0) is 15.4. The van der Waals surface area contributed by atoms with Crippen LogP contribution in [-0.4, -0.2) is 35.5 Å². The summed E-state index contributed by atoms with van der Waals surface area (Å²) in [4.78, 5) is 23.4. The molecule has 116 valence electrons. The zero-order valence-corrected chi connectivity index (χ0v) is 13.6. The van der Waals surface area contributed by atoms with Crippen molar-refractivity contribution in [1.82, 2.24) is 15.3 Å². The highest BCUT2D eigenvalue weighted by Gasteiger charge is 2.21. The molecule has 1 aliphatic heterocycles. The number of aromatic nitrogens is 2. The van der Waals surface area contributed by atoms with Crippen LogP contribution in [0.3, 0.4) is 0 Å². The summed E-state index contributed by atoms with van der Waals surface area (Å²) in [6.45, 7) is 2.56. The summed E-state index contributed by atoms with van der Waals surface area (Å²) in [5.74, 6) is 1.25. The van der Waals surface area contributed by atoms with Crippen LogP contribution in [0.5, 0.6) is 0 Å². The molecule has 3 heterocycles. The van der Waals surface area contributed by atoms with Crippen molar-refractivity contribution in [2.75, 3.05) is 24.5 Å². The lowest BCUT2D eigenvalue weighted by molar-refractivity contribution is 0.0949. The Morgan fingerprint density at radius 1 is 1.32 bits per heavy atom. The third-order valence-electron chi connectivity index (χ3n) is 3.80. The van der Waals surface area contributed by atoms with Crippen molar-refractivity contribution in [1.29, 1.82) is 0 Å². The fourth-order valence-electron chi connectivity index (χ4n) is 2.55. The molecule has 1 fully saturated rings. The van der Waals surface area contributed by atoms with Gasteiger partial charge in [-0.3, -0.25) is 4.79 Å². The first kappa shape index (κ1) is 15.2. The molecular weight excluding hydrogens is 320 g/mol. The average Bonchev–Trinajstić information content (AvgIpc) is 3.00. The topological polar surface area (TPSA) is 58.1 Å². The Morgan fingerprint density at radius 3 is 2.68 bits per heavy atom. The lowest BCUT2D eigenvalue weighted by Crippen LogP contribution is -2.39. The molecule has 1 N–H and O–H groups in total. The van der Waals surface area contributed by atoms with Crippen molar-refractivity contribution in [3.63, 3.8) is 0 Å². The molecule has 0 bridgehead atoms. The summed E-state index contributed by atoms with van der Waals surface area (Å²) < 4.78 is 0.640. The smallest absolute Gasteiger partial charge is 0.261 e. The molecule has 2 aromatic heterocycles. The zero-order valence-electron chi connectivity index (χ0n) is 12.0. The summed E-state index contributed by atoms with van der Waals surface area (Å²) >= 11 is 7.16. The fourth-order valence-corrected chi connectivity index (χ4v) is 3.51. The molecule has 5 nitrogen and oxygen atoms in total. The van der Waals surface area contributed by atoms with E-state index >= 15 is 0 Å². The van der Waals surface area contributed by atoms with Gasteiger partial charge < -0.3 is 10.2 Å². The van der Waals surface area contributed by atoms with E-state index in [0.29, 0.717) is 21.7 Å². The number of halogens is 1. The van der Waals surface area contributed by atoms with E-state index in [1.54, 1.807) is 24.5 Å². The molecule has 0 spiro atoms. The Hall–Kier alpha value is -1.66. The number of hydrogen-bond acceptors (Lipinski definition) is 5. The number of amides is 1. The molecule has 0 radical (unpaired) electrons. The molecule has 1 amide bonds. The third kappa shape index (κ3) is 3.75. The van der Waals surface area contributed by atoms with Crippen molar-refractivity contribution >= 4 is 34.8 Å². The second kappa shape index (κ2) is 7.07. The van der Waals surface area contributed by atoms with E-state index in [9.17, 15) is 4.79 Å². The summed E-state index contributed by atoms with van der Waals surface area (Å²) in [6.07, 6.45) is 5.59. The van der Waals surface area contributed by atoms with E-state index in [2.05, 4.69) is 20.2 Å². The van der Waals surface area contributed by atoms with Crippen LogP contribution in [0.4, 0.5) is 5.95 Å². The van der Waals surface area contributed by atoms with Crippen LogP contribution < -0.4 is 10.2 Å². The van der Waals surface area contributed by atoms with E-state index in [1.807, 2.05) is 6.07 Å². The SMILES string of the molecule is O=C(NCC1CCN(c2ncccn2)CC1)c1ccc(Cl)s1. The number of thiophene rings is 1. The number of hydrogen-bond donors (Lipinski definition) is 1. The molecule has 3 rings (SSSR count). The molecular formula is C15H17ClN4OS. The lowest BCUT2D eigenvalue weighted by atomic mass is 9.97. The van der Waals surface area contributed by atoms with Gasteiger partial charge in [0.05, 0.1) is 9.21 Å². The highest BCUT2D eigenvalue weighted by atomic mass is 35.5. The molecule has 22 heavy (non-hydrogen) atoms. The van der Waals surface area contributed by atoms with Crippen LogP contribution in [0.1, 0.15) is 22.5 Å². The highest BCUT2D eigenvalue weighted by Crippen LogP contribution is 2.22. The standard InChI is InChI=1S/C15H17ClN4OS/c16-13-3-2-12(22-13)14(21)19-10-11-4-8-20(9-5-11)15-17-6-1-7-18-15/h1-3,6-7,11H,4-5,8-10H2,(H,19,21). The predicted octanol–water partition coefficient (Wildman–Crippen LogP) is 2.84. The van der Waals surface area contributed by atoms with E-state index in [0.717, 1.165) is 31.9 Å². The Morgan fingerprint density at radius 2 is 2.05 bits per heavy atom. The molecule has 1 saturated heterocycles. The van der Waals surface area contributed by atoms with Gasteiger partial charge in [-0.2, -0.15) is 0 Å². The minimum absolute atomic E-state index is 0.0364. The van der Waals surface area contributed by atoms with Gasteiger partial charge in [0, 0.05) is 32.0 Å². The van der Waals surface area contributed by atoms with Gasteiger partial charge in [0.25, 0.3) is 5.91 Å². The highest BCUT2D eigenvalue weighted by molar-refractivity contribution is 7.17. The first-order chi connectivity index (χ1) is 10.7. The normalized spacial score (nSPS) is 15.8. The first-order valence-corrected chi connectivity index (χ1v) is 8.47. The minimum atomic E-state index is -0.0364. The first-order valence-electron chi connectivity index (χ1n) is 7.28. The number of nitrogens with one attached hydrogen (secondary N) is 1. The summed E-state index contributed by atoms with van der Waals surface area (Å²) in [7, 11) is 0. The van der Waals surface area contributed by atoms with E-state index < -0.39 is 0 Å². The molecule has 0 atom stereocenters. The Kier molecular flexibility index (Phi) is 4.90. The number of rotatable bonds is 4. The summed E-state index contributed by atoms with van der Waals surface area (Å²) in [5.41, 5.74) is 0. The fraction of sp³-hybridized carbons (Fsp3) is 0.400. The quantitative estimate of drug-likeness (QED) is 0.932. The van der Waals surface area contributed by atoms with Crippen molar-refractivity contribution in [2.24, 2.45) is 5.92 Å². The molecule has 7 heteroatoms. The summed E-state index contributed by atoms with van der Waals surface area (Å²) in [5, 5.41) is 3.00. The van der Waals surface area contributed by atoms with Crippen LogP contribution in [0.15, 0.2) is 30.6 Å². The Bertz CT molecular complexity index is 625. The van der Waals surface area contributed by atoms with Crippen LogP contribution in [-0.2, 0) is 0 Å². The molecule has 0 aliphatic carbocycles. The number of nitrogens with zero attached hydrogens (tertiary/aromatic N) is 3. The molecule has 0 unspecified atom stereocenters. The molecule has 0 saturated carbocycles. The van der Waals surface area contributed by atoms with Gasteiger partial charge in [-0.1, -0.05) is 11.6 Å². The van der Waals surface area contributed by atoms with Crippen LogP contribution in [0, 0.1) is 5.92 Å². The largest absolute Gasteiger partial charge is 0.351 e. The maximum Gasteiger partial charge on any atom is 0.261 e. The van der Waals surface area contributed by atoms with Crippen molar-refractivity contribution in [3.8, 4) is 0 Å². The van der Waals surface area contributed by atoms with Gasteiger partial charge >= 0.3 is 0 Å². The van der Waals surface area contributed by atoms with Crippen molar-refractivity contribution in [2.45, 2.75) is 12.8 Å². The van der Waals surface area contributed by atoms with Crippen molar-refractivity contribution in [3.05, 3.63) is 39.8 Å². The predicted molar refractivity (Wildman–Crippen MR) is 88.6 cm³/mol. The van der Waals surface area contributed by atoms with E-state index in [4.69, 9.17) is 11.6 Å². The second-order valence-corrected chi connectivity index (χ2v) is 7.01. The summed E-state index contributed by atoms with van der Waals surface area (Å²) in [6, 6.07) is 5.33. The van der Waals surface area contributed by atoms with Crippen LogP contribution >= 0.6 is 22.9 Å². The van der Waals surface area contributed by atoms with Gasteiger partial charge in [0.2, 0.25) is 5.95 Å². The van der Waals surface area contributed by atoms with Gasteiger partial charge in [0.1, 0.15) is 0 Å². The number of carbonyl (C=O) groups excluding carboxylic acids is 1. The van der Waals surface area contributed by atoms with Crippen molar-refractivity contribution < 1.29 is 4.79 Å². The second-order valence-electron chi connectivity index (χ2n) is 5.29. The lowest BCUT2D eigenvalue weighted by Gasteiger charge is -2.31. The maximum atomic E-state index is 12.0. The number of anilines is 1. The Balaban J connectivity index is 1.45. The van der Waals surface area contributed by atoms with Gasteiger partial charge in [-0.05, 0) is 37.0 Å². The molecule has 2 aromatic rings. The maximum absolute atomic E-state index is 12.0. The number of carbonyl (C=O) groups is 1. The Labute approximate surface area is 138 Å². The van der Waals surface area contributed by atoms with Gasteiger partial charge in [-0.25, -0.2) is 9.97 Å². The van der Waals surface area contributed by atoms with Crippen LogP contribution in [0.25, 0.3) is 0 Å². The van der Waals surface area contributed by atoms with E-state index in [1.165, 1.54) is 11.3 Å². The van der Waals surface area contributed by atoms with Gasteiger partial charge in [-0.15, -0.1) is 11.3 Å². The van der Waals surface area contributed by atoms with E-state index in [-0.39, 0.29) is 5.91 Å². The number of piperidine rings is 1. The monoisotopic (exact) mass is 336 g/mol. The molecule has 1 aliphatic rings. The van der Waals surface area contributed by atoms with Crippen LogP contribution in [0.2, 0.25) is 4.34 Å².